The third-order valence-electron chi connectivity index (χ3n) is 3.56. The van der Waals surface area contributed by atoms with Crippen LogP contribution in [-0.2, 0) is 0 Å². The first-order chi connectivity index (χ1) is 11.8. The molecule has 0 radical (unpaired) electrons. The standard InChI is InChI=1S/C17H11N7/c18-9-11-5-1-2-6-12(11)15-19-10-20-17(21-15)22-16-13-7-3-4-8-14(13)23-24-16/h1-8,10H,(H2,19,20,21,22,23,24). The minimum Gasteiger partial charge on any atom is -0.307 e. The normalized spacial score (nSPS) is 10.5. The molecule has 4 aromatic rings. The molecule has 0 fully saturated rings. The smallest absolute Gasteiger partial charge is 0.231 e. The van der Waals surface area contributed by atoms with Crippen molar-refractivity contribution in [1.29, 1.82) is 5.26 Å². The van der Waals surface area contributed by atoms with Gasteiger partial charge < -0.3 is 5.32 Å². The number of nitriles is 1. The molecule has 4 rings (SSSR count). The second kappa shape index (κ2) is 5.78. The third kappa shape index (κ3) is 2.42. The molecular formula is C17H11N7. The van der Waals surface area contributed by atoms with Crippen molar-refractivity contribution in [2.45, 2.75) is 0 Å². The molecule has 0 amide bonds. The molecule has 0 aliphatic carbocycles. The number of nitrogens with one attached hydrogen (secondary N) is 2. The zero-order valence-electron chi connectivity index (χ0n) is 12.4. The summed E-state index contributed by atoms with van der Waals surface area (Å²) in [5.74, 6) is 1.44. The molecule has 114 valence electrons. The highest BCUT2D eigenvalue weighted by atomic mass is 15.2. The minimum absolute atomic E-state index is 0.366. The maximum Gasteiger partial charge on any atom is 0.231 e. The summed E-state index contributed by atoms with van der Waals surface area (Å²) in [6.45, 7) is 0. The van der Waals surface area contributed by atoms with Crippen LogP contribution in [0.1, 0.15) is 5.56 Å². The lowest BCUT2D eigenvalue weighted by atomic mass is 10.1. The van der Waals surface area contributed by atoms with E-state index in [1.165, 1.54) is 6.33 Å². The van der Waals surface area contributed by atoms with E-state index in [0.29, 0.717) is 28.7 Å². The molecule has 2 aromatic heterocycles. The maximum atomic E-state index is 9.22. The van der Waals surface area contributed by atoms with Gasteiger partial charge >= 0.3 is 0 Å². The Bertz CT molecular complexity index is 1060. The Hall–Kier alpha value is -3.79. The van der Waals surface area contributed by atoms with Crippen molar-refractivity contribution in [3.8, 4) is 17.5 Å². The lowest BCUT2D eigenvalue weighted by Gasteiger charge is -2.05. The fraction of sp³-hybridized carbons (Fsp3) is 0. The van der Waals surface area contributed by atoms with E-state index in [-0.39, 0.29) is 0 Å². The number of aromatic amines is 1. The Morgan fingerprint density at radius 1 is 1.00 bits per heavy atom. The van der Waals surface area contributed by atoms with Gasteiger partial charge in [-0.15, -0.1) is 0 Å². The molecule has 0 spiro atoms. The molecular weight excluding hydrogens is 302 g/mol. The number of rotatable bonds is 3. The van der Waals surface area contributed by atoms with Gasteiger partial charge in [-0.3, -0.25) is 5.10 Å². The Kier molecular flexibility index (Phi) is 3.33. The molecule has 24 heavy (non-hydrogen) atoms. The molecule has 2 aromatic carbocycles. The van der Waals surface area contributed by atoms with E-state index in [1.54, 1.807) is 12.1 Å². The second-order valence-corrected chi connectivity index (χ2v) is 5.03. The number of aromatic nitrogens is 5. The van der Waals surface area contributed by atoms with Gasteiger partial charge in [0.2, 0.25) is 5.95 Å². The number of hydrogen-bond acceptors (Lipinski definition) is 6. The van der Waals surface area contributed by atoms with Gasteiger partial charge in [-0.25, -0.2) is 9.97 Å². The molecule has 0 aliphatic rings. The van der Waals surface area contributed by atoms with E-state index in [4.69, 9.17) is 0 Å². The van der Waals surface area contributed by atoms with Crippen LogP contribution in [0, 0.1) is 11.3 Å². The predicted molar refractivity (Wildman–Crippen MR) is 89.4 cm³/mol. The lowest BCUT2D eigenvalue weighted by Crippen LogP contribution is -2.01. The summed E-state index contributed by atoms with van der Waals surface area (Å²) < 4.78 is 0. The molecule has 0 saturated carbocycles. The number of nitrogens with zero attached hydrogens (tertiary/aromatic N) is 5. The third-order valence-corrected chi connectivity index (χ3v) is 3.56. The molecule has 0 aliphatic heterocycles. The number of fused-ring (bicyclic) bond motifs is 1. The van der Waals surface area contributed by atoms with E-state index >= 15 is 0 Å². The van der Waals surface area contributed by atoms with Crippen LogP contribution in [0.25, 0.3) is 22.3 Å². The highest BCUT2D eigenvalue weighted by Crippen LogP contribution is 2.23. The van der Waals surface area contributed by atoms with Crippen molar-refractivity contribution >= 4 is 22.7 Å². The van der Waals surface area contributed by atoms with Gasteiger partial charge in [0, 0.05) is 10.9 Å². The van der Waals surface area contributed by atoms with Crippen LogP contribution in [0.15, 0.2) is 54.9 Å². The predicted octanol–water partition coefficient (Wildman–Crippen LogP) is 3.03. The minimum atomic E-state index is 0.366. The number of H-pyrrole nitrogens is 1. The van der Waals surface area contributed by atoms with Crippen LogP contribution in [0.2, 0.25) is 0 Å². The molecule has 0 bridgehead atoms. The Labute approximate surface area is 137 Å². The van der Waals surface area contributed by atoms with Gasteiger partial charge in [0.1, 0.15) is 6.33 Å². The fourth-order valence-corrected chi connectivity index (χ4v) is 2.43. The summed E-state index contributed by atoms with van der Waals surface area (Å²) in [7, 11) is 0. The van der Waals surface area contributed by atoms with E-state index in [9.17, 15) is 5.26 Å². The Balaban J connectivity index is 1.72. The van der Waals surface area contributed by atoms with Crippen LogP contribution >= 0.6 is 0 Å². The first-order valence-corrected chi connectivity index (χ1v) is 7.24. The average molecular weight is 313 g/mol. The second-order valence-electron chi connectivity index (χ2n) is 5.03. The van der Waals surface area contributed by atoms with Gasteiger partial charge in [-0.2, -0.15) is 15.3 Å². The van der Waals surface area contributed by atoms with E-state index < -0.39 is 0 Å². The first kappa shape index (κ1) is 13.8. The summed E-state index contributed by atoms with van der Waals surface area (Å²) in [6, 6.07) is 17.1. The van der Waals surface area contributed by atoms with Crippen LogP contribution in [0.3, 0.4) is 0 Å². The quantitative estimate of drug-likeness (QED) is 0.602. The van der Waals surface area contributed by atoms with Crippen LogP contribution in [-0.4, -0.2) is 25.1 Å². The zero-order valence-corrected chi connectivity index (χ0v) is 12.4. The lowest BCUT2D eigenvalue weighted by molar-refractivity contribution is 1.05. The number of benzene rings is 2. The summed E-state index contributed by atoms with van der Waals surface area (Å²) in [5, 5.41) is 20.4. The number of hydrogen-bond donors (Lipinski definition) is 2. The SMILES string of the molecule is N#Cc1ccccc1-c1ncnc(Nc2n[nH]c3ccccc23)n1. The molecule has 7 heteroatoms. The summed E-state index contributed by atoms with van der Waals surface area (Å²) in [4.78, 5) is 12.7. The largest absolute Gasteiger partial charge is 0.307 e. The highest BCUT2D eigenvalue weighted by molar-refractivity contribution is 5.90. The van der Waals surface area contributed by atoms with Gasteiger partial charge in [0.05, 0.1) is 17.1 Å². The van der Waals surface area contributed by atoms with Crippen LogP contribution in [0.4, 0.5) is 11.8 Å². The zero-order chi connectivity index (χ0) is 16.4. The van der Waals surface area contributed by atoms with Crippen molar-refractivity contribution in [2.24, 2.45) is 0 Å². The molecule has 0 atom stereocenters. The van der Waals surface area contributed by atoms with Gasteiger partial charge in [0.25, 0.3) is 0 Å². The van der Waals surface area contributed by atoms with Crippen LogP contribution < -0.4 is 5.32 Å². The van der Waals surface area contributed by atoms with Gasteiger partial charge in [-0.05, 0) is 24.3 Å². The summed E-state index contributed by atoms with van der Waals surface area (Å²) >= 11 is 0. The van der Waals surface area contributed by atoms with Gasteiger partial charge in [-0.1, -0.05) is 24.3 Å². The van der Waals surface area contributed by atoms with Crippen molar-refractivity contribution in [1.82, 2.24) is 25.1 Å². The number of anilines is 2. The van der Waals surface area contributed by atoms with E-state index in [2.05, 4.69) is 36.5 Å². The number of para-hydroxylation sites is 1. The monoisotopic (exact) mass is 313 g/mol. The molecule has 2 N–H and O–H groups in total. The maximum absolute atomic E-state index is 9.22. The topological polar surface area (TPSA) is 103 Å². The molecule has 0 unspecified atom stereocenters. The summed E-state index contributed by atoms with van der Waals surface area (Å²) in [5.41, 5.74) is 2.10. The Morgan fingerprint density at radius 2 is 1.83 bits per heavy atom. The fourth-order valence-electron chi connectivity index (χ4n) is 2.43. The summed E-state index contributed by atoms with van der Waals surface area (Å²) in [6.07, 6.45) is 1.41. The molecule has 2 heterocycles. The van der Waals surface area contributed by atoms with Crippen molar-refractivity contribution in [3.05, 3.63) is 60.4 Å². The van der Waals surface area contributed by atoms with Crippen molar-refractivity contribution in [3.63, 3.8) is 0 Å². The highest BCUT2D eigenvalue weighted by Gasteiger charge is 2.10. The molecule has 0 saturated heterocycles. The molecule has 7 nitrogen and oxygen atoms in total. The van der Waals surface area contributed by atoms with E-state index in [1.807, 2.05) is 36.4 Å². The first-order valence-electron chi connectivity index (χ1n) is 7.24. The van der Waals surface area contributed by atoms with Gasteiger partial charge in [0.15, 0.2) is 11.6 Å². The average Bonchev–Trinajstić information content (AvgIpc) is 3.05. The van der Waals surface area contributed by atoms with E-state index in [0.717, 1.165) is 10.9 Å². The Morgan fingerprint density at radius 3 is 2.75 bits per heavy atom. The van der Waals surface area contributed by atoms with Crippen molar-refractivity contribution in [2.75, 3.05) is 5.32 Å². The van der Waals surface area contributed by atoms with Crippen molar-refractivity contribution < 1.29 is 0 Å². The van der Waals surface area contributed by atoms with Crippen LogP contribution in [0.5, 0.6) is 0 Å².